The fraction of sp³-hybridized carbons (Fsp3) is 0.250. The lowest BCUT2D eigenvalue weighted by molar-refractivity contribution is -0.118. The molecule has 21 heavy (non-hydrogen) atoms. The van der Waals surface area contributed by atoms with E-state index in [2.05, 4.69) is 10.3 Å². The molecular weight excluding hydrogens is 304 g/mol. The molecule has 0 fully saturated rings. The van der Waals surface area contributed by atoms with Crippen molar-refractivity contribution in [1.82, 2.24) is 10.3 Å². The van der Waals surface area contributed by atoms with Gasteiger partial charge >= 0.3 is 0 Å². The number of carbonyl (C=O) groups is 1. The van der Waals surface area contributed by atoms with Crippen LogP contribution in [-0.4, -0.2) is 23.2 Å². The normalized spacial score (nSPS) is 10.4. The van der Waals surface area contributed by atoms with Crippen LogP contribution in [0.3, 0.4) is 0 Å². The van der Waals surface area contributed by atoms with Gasteiger partial charge in [0.25, 0.3) is 0 Å². The summed E-state index contributed by atoms with van der Waals surface area (Å²) in [7, 11) is 0. The number of amides is 1. The fourth-order valence-corrected chi connectivity index (χ4v) is 2.53. The molecule has 0 aliphatic carbocycles. The van der Waals surface area contributed by atoms with Crippen molar-refractivity contribution in [3.05, 3.63) is 58.7 Å². The summed E-state index contributed by atoms with van der Waals surface area (Å²) in [5.74, 6) is 0.410. The number of nitrogens with one attached hydrogen (secondary N) is 1. The van der Waals surface area contributed by atoms with Crippen molar-refractivity contribution >= 4 is 29.3 Å². The Labute approximate surface area is 134 Å². The summed E-state index contributed by atoms with van der Waals surface area (Å²) in [5, 5.41) is 4.50. The first-order valence-corrected chi connectivity index (χ1v) is 8.06. The number of nitrogens with zero attached hydrogens (tertiary/aromatic N) is 1. The Bertz CT molecular complexity index is 584. The standard InChI is InChI=1S/C16H17ClN2OS/c1-12-2-7-16(19-10-12)21-11-15(20)18-9-8-13-3-5-14(17)6-4-13/h2-7,10H,8-9,11H2,1H3,(H,18,20). The van der Waals surface area contributed by atoms with Crippen molar-refractivity contribution in [2.45, 2.75) is 18.4 Å². The molecule has 1 N–H and O–H groups in total. The predicted octanol–water partition coefficient (Wildman–Crippen LogP) is 3.49. The topological polar surface area (TPSA) is 42.0 Å². The molecule has 110 valence electrons. The third kappa shape index (κ3) is 5.78. The van der Waals surface area contributed by atoms with Gasteiger partial charge in [-0.2, -0.15) is 0 Å². The van der Waals surface area contributed by atoms with Crippen LogP contribution >= 0.6 is 23.4 Å². The van der Waals surface area contributed by atoms with Crippen molar-refractivity contribution in [2.75, 3.05) is 12.3 Å². The lowest BCUT2D eigenvalue weighted by atomic mass is 10.1. The molecule has 5 heteroatoms. The van der Waals surface area contributed by atoms with E-state index >= 15 is 0 Å². The van der Waals surface area contributed by atoms with Gasteiger partial charge < -0.3 is 5.32 Å². The lowest BCUT2D eigenvalue weighted by Crippen LogP contribution is -2.27. The maximum atomic E-state index is 11.7. The van der Waals surface area contributed by atoms with Gasteiger partial charge in [-0.15, -0.1) is 0 Å². The second kappa shape index (κ2) is 8.05. The van der Waals surface area contributed by atoms with Crippen molar-refractivity contribution in [3.8, 4) is 0 Å². The van der Waals surface area contributed by atoms with Crippen LogP contribution in [0.15, 0.2) is 47.6 Å². The minimum absolute atomic E-state index is 0.0244. The van der Waals surface area contributed by atoms with Gasteiger partial charge in [-0.25, -0.2) is 4.98 Å². The summed E-state index contributed by atoms with van der Waals surface area (Å²) in [6.07, 6.45) is 2.61. The van der Waals surface area contributed by atoms with E-state index in [1.54, 1.807) is 6.20 Å². The van der Waals surface area contributed by atoms with Crippen molar-refractivity contribution in [3.63, 3.8) is 0 Å². The van der Waals surface area contributed by atoms with Gasteiger partial charge in [0, 0.05) is 17.8 Å². The highest BCUT2D eigenvalue weighted by Crippen LogP contribution is 2.14. The Morgan fingerprint density at radius 3 is 2.67 bits per heavy atom. The monoisotopic (exact) mass is 320 g/mol. The van der Waals surface area contributed by atoms with Crippen LogP contribution in [-0.2, 0) is 11.2 Å². The molecule has 1 amide bonds. The summed E-state index contributed by atoms with van der Waals surface area (Å²) in [6, 6.07) is 11.6. The van der Waals surface area contributed by atoms with E-state index in [1.807, 2.05) is 43.3 Å². The Morgan fingerprint density at radius 1 is 1.24 bits per heavy atom. The maximum absolute atomic E-state index is 11.7. The average Bonchev–Trinajstić information content (AvgIpc) is 2.49. The third-order valence-electron chi connectivity index (χ3n) is 2.88. The molecule has 3 nitrogen and oxygen atoms in total. The number of hydrogen-bond acceptors (Lipinski definition) is 3. The van der Waals surface area contributed by atoms with Gasteiger partial charge in [-0.05, 0) is 42.7 Å². The molecule has 1 aromatic heterocycles. The van der Waals surface area contributed by atoms with Gasteiger partial charge in [0.15, 0.2) is 0 Å². The molecular formula is C16H17ClN2OS. The molecule has 1 aromatic carbocycles. The minimum Gasteiger partial charge on any atom is -0.355 e. The molecule has 0 unspecified atom stereocenters. The summed E-state index contributed by atoms with van der Waals surface area (Å²) >= 11 is 7.27. The number of carbonyl (C=O) groups excluding carboxylic acids is 1. The molecule has 0 saturated carbocycles. The van der Waals surface area contributed by atoms with Crippen molar-refractivity contribution in [2.24, 2.45) is 0 Å². The molecule has 0 radical (unpaired) electrons. The van der Waals surface area contributed by atoms with E-state index in [4.69, 9.17) is 11.6 Å². The molecule has 0 bridgehead atoms. The van der Waals surface area contributed by atoms with Gasteiger partial charge in [0.1, 0.15) is 0 Å². The van der Waals surface area contributed by atoms with Crippen molar-refractivity contribution in [1.29, 1.82) is 0 Å². The first kappa shape index (κ1) is 15.9. The number of aryl methyl sites for hydroxylation is 1. The van der Waals surface area contributed by atoms with E-state index in [-0.39, 0.29) is 5.91 Å². The second-order valence-electron chi connectivity index (χ2n) is 4.69. The van der Waals surface area contributed by atoms with E-state index in [9.17, 15) is 4.79 Å². The Kier molecular flexibility index (Phi) is 6.08. The SMILES string of the molecule is Cc1ccc(SCC(=O)NCCc2ccc(Cl)cc2)nc1. The van der Waals surface area contributed by atoms with Crippen LogP contribution in [0.25, 0.3) is 0 Å². The number of pyridine rings is 1. The zero-order chi connectivity index (χ0) is 15.1. The lowest BCUT2D eigenvalue weighted by Gasteiger charge is -2.05. The zero-order valence-electron chi connectivity index (χ0n) is 11.8. The van der Waals surface area contributed by atoms with E-state index in [0.717, 1.165) is 27.6 Å². The molecule has 1 heterocycles. The molecule has 0 aliphatic heterocycles. The maximum Gasteiger partial charge on any atom is 0.230 e. The van der Waals surface area contributed by atoms with Crippen LogP contribution in [0, 0.1) is 6.92 Å². The molecule has 0 saturated heterocycles. The highest BCUT2D eigenvalue weighted by atomic mass is 35.5. The van der Waals surface area contributed by atoms with Crippen LogP contribution in [0.2, 0.25) is 5.02 Å². The van der Waals surface area contributed by atoms with E-state index < -0.39 is 0 Å². The number of benzene rings is 1. The zero-order valence-corrected chi connectivity index (χ0v) is 13.4. The average molecular weight is 321 g/mol. The third-order valence-corrected chi connectivity index (χ3v) is 4.08. The fourth-order valence-electron chi connectivity index (χ4n) is 1.73. The van der Waals surface area contributed by atoms with Crippen molar-refractivity contribution < 1.29 is 4.79 Å². The van der Waals surface area contributed by atoms with Crippen LogP contribution in [0.4, 0.5) is 0 Å². The summed E-state index contributed by atoms with van der Waals surface area (Å²) in [6.45, 7) is 2.62. The Hall–Kier alpha value is -1.52. The minimum atomic E-state index is 0.0244. The van der Waals surface area contributed by atoms with Crippen LogP contribution in [0.5, 0.6) is 0 Å². The number of hydrogen-bond donors (Lipinski definition) is 1. The number of halogens is 1. The van der Waals surface area contributed by atoms with Gasteiger partial charge in [-0.3, -0.25) is 4.79 Å². The second-order valence-corrected chi connectivity index (χ2v) is 6.12. The quantitative estimate of drug-likeness (QED) is 0.828. The highest BCUT2D eigenvalue weighted by Gasteiger charge is 2.03. The molecule has 0 spiro atoms. The van der Waals surface area contributed by atoms with Gasteiger partial charge in [0.05, 0.1) is 10.8 Å². The largest absolute Gasteiger partial charge is 0.355 e. The van der Waals surface area contributed by atoms with E-state index in [0.29, 0.717) is 12.3 Å². The smallest absolute Gasteiger partial charge is 0.230 e. The summed E-state index contributed by atoms with van der Waals surface area (Å²) in [4.78, 5) is 16.0. The van der Waals surface area contributed by atoms with Gasteiger partial charge in [-0.1, -0.05) is 41.6 Å². The predicted molar refractivity (Wildman–Crippen MR) is 87.9 cm³/mol. The Balaban J connectivity index is 1.67. The number of aromatic nitrogens is 1. The summed E-state index contributed by atoms with van der Waals surface area (Å²) < 4.78 is 0. The molecule has 2 rings (SSSR count). The first-order valence-electron chi connectivity index (χ1n) is 6.70. The molecule has 0 atom stereocenters. The summed E-state index contributed by atoms with van der Waals surface area (Å²) in [5.41, 5.74) is 2.28. The van der Waals surface area contributed by atoms with Crippen LogP contribution < -0.4 is 5.32 Å². The molecule has 0 aliphatic rings. The Morgan fingerprint density at radius 2 is 2.00 bits per heavy atom. The highest BCUT2D eigenvalue weighted by molar-refractivity contribution is 7.99. The van der Waals surface area contributed by atoms with Gasteiger partial charge in [0.2, 0.25) is 5.91 Å². The van der Waals surface area contributed by atoms with E-state index in [1.165, 1.54) is 11.8 Å². The number of rotatable bonds is 6. The molecule has 2 aromatic rings. The number of thioether (sulfide) groups is 1. The first-order chi connectivity index (χ1) is 10.1. The van der Waals surface area contributed by atoms with Crippen LogP contribution in [0.1, 0.15) is 11.1 Å².